The normalized spacial score (nSPS) is 12.8. The molecule has 0 aromatic heterocycles. The van der Waals surface area contributed by atoms with Crippen LogP contribution in [0, 0.1) is 0 Å². The van der Waals surface area contributed by atoms with Gasteiger partial charge in [0, 0.05) is 0 Å². The predicted octanol–water partition coefficient (Wildman–Crippen LogP) is 0.832. The molecule has 0 fully saturated rings. The number of methoxy groups -OCH3 is 1. The van der Waals surface area contributed by atoms with E-state index in [2.05, 4.69) is 21.3 Å². The molecule has 0 aliphatic rings. The second kappa shape index (κ2) is 28.5. The molecule has 0 heterocycles. The van der Waals surface area contributed by atoms with Crippen molar-refractivity contribution < 1.29 is 82.6 Å². The van der Waals surface area contributed by atoms with Crippen LogP contribution in [0.1, 0.15) is 65.5 Å². The van der Waals surface area contributed by atoms with Gasteiger partial charge in [-0.25, -0.2) is 0 Å². The zero-order valence-corrected chi connectivity index (χ0v) is 38.9. The average molecular weight is 957 g/mol. The smallest absolute Gasteiger partial charge is 0.870 e. The van der Waals surface area contributed by atoms with Crippen molar-refractivity contribution >= 4 is 65.9 Å². The first-order valence-corrected chi connectivity index (χ1v) is 23.9. The van der Waals surface area contributed by atoms with Gasteiger partial charge in [-0.05, 0) is 0 Å². The minimum atomic E-state index is -1.11. The number of phenols is 2. The van der Waals surface area contributed by atoms with Crippen LogP contribution in [0.4, 0.5) is 9.59 Å². The van der Waals surface area contributed by atoms with E-state index in [4.69, 9.17) is 14.2 Å². The molecule has 0 spiro atoms. The maximum atomic E-state index is 12.9. The van der Waals surface area contributed by atoms with Gasteiger partial charge in [0.05, 0.1) is 0 Å². The Labute approximate surface area is 371 Å². The number of ether oxygens (including phenoxy) is 3. The maximum Gasteiger partial charge on any atom is 1.00 e. The number of esters is 1. The molecule has 2 aromatic rings. The molecule has 4 atom stereocenters. The van der Waals surface area contributed by atoms with E-state index in [1.807, 2.05) is 11.6 Å². The van der Waals surface area contributed by atoms with Crippen molar-refractivity contribution in [3.63, 3.8) is 0 Å². The second-order valence-corrected chi connectivity index (χ2v) is 18.8. The van der Waals surface area contributed by atoms with Crippen molar-refractivity contribution in [3.05, 3.63) is 59.7 Å². The van der Waals surface area contributed by atoms with Crippen LogP contribution < -0.4 is 40.1 Å². The molecule has 0 radical (unpaired) electrons. The summed E-state index contributed by atoms with van der Waals surface area (Å²) in [6.45, 7) is 10.3. The SMILES string of the molecule is COC(=O)[C@H](CC[Se]C)NC(=O)[C@H](Cc1ccc(O)cc1)NC(=O)OC(C)(C)C.C[Se]CC[C@H](NC(=O)[C@H](Cc1ccc(O)cc1)NC(=O)OC(C)(C)C)C(=O)O.[Li+].[OH-]. The number of nitrogens with one attached hydrogen (secondary N) is 4. The maximum absolute atomic E-state index is 12.9. The van der Waals surface area contributed by atoms with Gasteiger partial charge in [-0.2, -0.15) is 0 Å². The van der Waals surface area contributed by atoms with Crippen LogP contribution >= 0.6 is 0 Å². The summed E-state index contributed by atoms with van der Waals surface area (Å²) in [4.78, 5) is 73.4. The van der Waals surface area contributed by atoms with Gasteiger partial charge in [-0.15, -0.1) is 0 Å². The summed E-state index contributed by atoms with van der Waals surface area (Å²) in [5.41, 5.74) is -0.0407. The number of benzene rings is 2. The van der Waals surface area contributed by atoms with Crippen LogP contribution in [0.2, 0.25) is 22.3 Å². The number of aromatic hydroxyl groups is 2. The zero-order valence-electron chi connectivity index (χ0n) is 35.5. The monoisotopic (exact) mass is 958 g/mol. The topological polar surface area (TPSA) is 269 Å². The standard InChI is InChI=1S/C20H30N2O6Se.C19H28N2O6Se.Li.H2O/c1-20(2,3)28-19(26)22-16(12-13-6-8-14(23)9-7-13)17(24)21-15(10-11-29-5)18(25)27-4;1-19(2,3)27-18(26)21-15(11-12-5-7-13(22)8-6-12)16(23)20-14(17(24)25)9-10-28-4;;/h6-9,15-16,23H,10-12H2,1-5H3,(H,21,24)(H,22,26);5-8,14-15,22H,9-11H2,1-4H3,(H,20,23)(H,21,26)(H,24,25);;1H2/q;;+1;/p-1/t15-,16-;14-,15-;;/m00../s1. The van der Waals surface area contributed by atoms with Crippen molar-refractivity contribution in [2.75, 3.05) is 7.11 Å². The summed E-state index contributed by atoms with van der Waals surface area (Å²) in [7, 11) is 1.27. The fraction of sp³-hybridized carbons (Fsp3) is 0.538. The van der Waals surface area contributed by atoms with Gasteiger partial charge in [-0.3, -0.25) is 0 Å². The fourth-order valence-electron chi connectivity index (χ4n) is 4.72. The molecule has 0 aliphatic heterocycles. The molecule has 59 heavy (non-hydrogen) atoms. The number of alkyl carbamates (subject to hydrolysis) is 2. The Hall–Kier alpha value is -3.94. The molecule has 8 N–H and O–H groups in total. The van der Waals surface area contributed by atoms with Crippen LogP contribution in [-0.2, 0) is 46.2 Å². The van der Waals surface area contributed by atoms with Crippen LogP contribution in [0.25, 0.3) is 0 Å². The van der Waals surface area contributed by atoms with Gasteiger partial charge in [0.15, 0.2) is 0 Å². The Morgan fingerprint density at radius 3 is 1.25 bits per heavy atom. The van der Waals surface area contributed by atoms with Crippen LogP contribution in [0.3, 0.4) is 0 Å². The number of carbonyl (C=O) groups is 6. The van der Waals surface area contributed by atoms with Crippen molar-refractivity contribution in [1.82, 2.24) is 21.3 Å². The summed E-state index contributed by atoms with van der Waals surface area (Å²) in [5, 5.41) is 40.0. The summed E-state index contributed by atoms with van der Waals surface area (Å²) in [6.07, 6.45) is -0.423. The van der Waals surface area contributed by atoms with Gasteiger partial charge in [0.2, 0.25) is 0 Å². The number of carboxylic acids is 1. The van der Waals surface area contributed by atoms with E-state index in [9.17, 15) is 44.1 Å². The van der Waals surface area contributed by atoms with Crippen LogP contribution in [0.15, 0.2) is 48.5 Å². The van der Waals surface area contributed by atoms with Crippen molar-refractivity contribution in [2.45, 2.75) is 125 Å². The van der Waals surface area contributed by atoms with E-state index in [0.717, 1.165) is 10.9 Å². The predicted molar refractivity (Wildman–Crippen MR) is 217 cm³/mol. The van der Waals surface area contributed by atoms with Gasteiger partial charge >= 0.3 is 367 Å². The largest absolute Gasteiger partial charge is 1.00 e. The van der Waals surface area contributed by atoms with E-state index in [1.54, 1.807) is 65.8 Å². The van der Waals surface area contributed by atoms with Crippen molar-refractivity contribution in [3.8, 4) is 11.5 Å². The number of aliphatic carboxylic acids is 1. The van der Waals surface area contributed by atoms with E-state index in [0.29, 0.717) is 53.6 Å². The Kier molecular flexibility index (Phi) is 27.6. The molecule has 0 unspecified atom stereocenters. The summed E-state index contributed by atoms with van der Waals surface area (Å²) >= 11 is 0.635. The van der Waals surface area contributed by atoms with E-state index < -0.39 is 71.3 Å². The molecular formula is C39H59LiN4O13Se2. The number of carbonyl (C=O) groups excluding carboxylic acids is 5. The average Bonchev–Trinajstić information content (AvgIpc) is 3.11. The number of carboxylic acid groups (broad SMARTS) is 1. The van der Waals surface area contributed by atoms with Gasteiger partial charge in [-0.1, -0.05) is 0 Å². The number of hydrogen-bond acceptors (Lipinski definition) is 12. The summed E-state index contributed by atoms with van der Waals surface area (Å²) in [5.74, 6) is 1.46. The van der Waals surface area contributed by atoms with Crippen LogP contribution in [0.5, 0.6) is 11.5 Å². The minimum Gasteiger partial charge on any atom is -0.870 e. The number of amides is 4. The molecule has 4 amide bonds. The Balaban J connectivity index is 0. The quantitative estimate of drug-likeness (QED) is 0.0621. The summed E-state index contributed by atoms with van der Waals surface area (Å²) in [6, 6.07) is 8.73. The third kappa shape index (κ3) is 25.3. The van der Waals surface area contributed by atoms with E-state index >= 15 is 0 Å². The van der Waals surface area contributed by atoms with Crippen molar-refractivity contribution in [2.24, 2.45) is 0 Å². The molecule has 20 heteroatoms. The number of hydrogen-bond donors (Lipinski definition) is 7. The van der Waals surface area contributed by atoms with Gasteiger partial charge < -0.3 is 5.48 Å². The molecule has 0 saturated heterocycles. The Morgan fingerprint density at radius 1 is 0.610 bits per heavy atom. The minimum absolute atomic E-state index is 0. The number of rotatable bonds is 18. The van der Waals surface area contributed by atoms with Crippen LogP contribution in [-0.4, -0.2) is 129 Å². The van der Waals surface area contributed by atoms with E-state index in [1.165, 1.54) is 31.4 Å². The molecule has 0 aliphatic carbocycles. The fourth-order valence-corrected chi connectivity index (χ4v) is 6.70. The first-order valence-electron chi connectivity index (χ1n) is 18.0. The van der Waals surface area contributed by atoms with Gasteiger partial charge in [0.1, 0.15) is 0 Å². The molecule has 17 nitrogen and oxygen atoms in total. The Bertz CT molecular complexity index is 1610. The van der Waals surface area contributed by atoms with E-state index in [-0.39, 0.29) is 48.7 Å². The molecule has 0 bridgehead atoms. The molecule has 2 aromatic carbocycles. The van der Waals surface area contributed by atoms with Crippen molar-refractivity contribution in [1.29, 1.82) is 0 Å². The second-order valence-electron chi connectivity index (χ2n) is 14.7. The third-order valence-corrected chi connectivity index (χ3v) is 10.1. The Morgan fingerprint density at radius 2 is 0.949 bits per heavy atom. The molecule has 326 valence electrons. The molecule has 0 saturated carbocycles. The molecular weight excluding hydrogens is 897 g/mol. The number of phenolic OH excluding ortho intramolecular Hbond substituents is 2. The zero-order chi connectivity index (χ0) is 43.3. The first-order chi connectivity index (χ1) is 26.6. The third-order valence-electron chi connectivity index (χ3n) is 7.41. The molecule has 2 rings (SSSR count). The first kappa shape index (κ1) is 57.2. The van der Waals surface area contributed by atoms with Gasteiger partial charge in [0.25, 0.3) is 0 Å². The summed E-state index contributed by atoms with van der Waals surface area (Å²) < 4.78 is 15.2.